The number of para-hydroxylation sites is 3. The van der Waals surface area contributed by atoms with Crippen LogP contribution in [-0.2, 0) is 41.0 Å². The fourth-order valence-corrected chi connectivity index (χ4v) is 3.18. The van der Waals surface area contributed by atoms with Gasteiger partial charge in [0.15, 0.2) is 0 Å². The third kappa shape index (κ3) is 14.3. The van der Waals surface area contributed by atoms with Crippen LogP contribution in [0.1, 0.15) is 36.5 Å². The van der Waals surface area contributed by atoms with Gasteiger partial charge >= 0.3 is 21.7 Å². The van der Waals surface area contributed by atoms with Crippen molar-refractivity contribution in [3.8, 4) is 17.2 Å². The van der Waals surface area contributed by atoms with E-state index in [1.54, 1.807) is 54.6 Å². The molecule has 0 radical (unpaired) electrons. The molecule has 4 heteroatoms. The first-order chi connectivity index (χ1) is 18.0. The van der Waals surface area contributed by atoms with Gasteiger partial charge in [0.2, 0.25) is 0 Å². The zero-order valence-electron chi connectivity index (χ0n) is 22.2. The normalized spacial score (nSPS) is 10.5. The molecule has 0 heterocycles. The molecule has 4 rings (SSSR count). The largest absolute Gasteiger partial charge is 4.00 e. The molecule has 0 unspecified atom stereocenters. The Morgan fingerprint density at radius 2 is 1.00 bits per heavy atom. The van der Waals surface area contributed by atoms with E-state index < -0.39 is 0 Å². The van der Waals surface area contributed by atoms with E-state index in [-0.39, 0.29) is 39.0 Å². The van der Waals surface area contributed by atoms with Crippen molar-refractivity contribution in [1.82, 2.24) is 0 Å². The van der Waals surface area contributed by atoms with Crippen LogP contribution in [0.5, 0.6) is 17.2 Å². The second-order valence-corrected chi connectivity index (χ2v) is 7.96. The predicted octanol–water partition coefficient (Wildman–Crippen LogP) is 6.55. The first-order valence-electron chi connectivity index (χ1n) is 12.3. The molecule has 194 valence electrons. The van der Waals surface area contributed by atoms with Gasteiger partial charge in [-0.25, -0.2) is 11.6 Å². The van der Waals surface area contributed by atoms with Crippen molar-refractivity contribution in [2.24, 2.45) is 0 Å². The average Bonchev–Trinajstić information content (AvgIpc) is 3.44. The van der Waals surface area contributed by atoms with Crippen molar-refractivity contribution < 1.29 is 37.0 Å². The Morgan fingerprint density at radius 1 is 0.658 bits per heavy atom. The van der Waals surface area contributed by atoms with Crippen molar-refractivity contribution in [2.45, 2.75) is 39.0 Å². The molecule has 0 aromatic heterocycles. The van der Waals surface area contributed by atoms with Crippen LogP contribution in [0.4, 0.5) is 0 Å². The van der Waals surface area contributed by atoms with Gasteiger partial charge in [0, 0.05) is 0 Å². The molecule has 0 bridgehead atoms. The Balaban J connectivity index is 0.000000480. The molecule has 3 aromatic carbocycles. The van der Waals surface area contributed by atoms with Crippen LogP contribution >= 0.6 is 0 Å². The smallest absolute Gasteiger partial charge is 0.872 e. The van der Waals surface area contributed by atoms with E-state index in [4.69, 9.17) is 0 Å². The van der Waals surface area contributed by atoms with Gasteiger partial charge in [-0.15, -0.1) is 43.4 Å². The van der Waals surface area contributed by atoms with Crippen molar-refractivity contribution in [1.29, 1.82) is 0 Å². The maximum Gasteiger partial charge on any atom is 4.00 e. The van der Waals surface area contributed by atoms with Gasteiger partial charge in [0.25, 0.3) is 0 Å². The van der Waals surface area contributed by atoms with Crippen LogP contribution in [0.25, 0.3) is 0 Å². The van der Waals surface area contributed by atoms with Crippen LogP contribution in [0.2, 0.25) is 0 Å². The second kappa shape index (κ2) is 21.5. The van der Waals surface area contributed by atoms with Crippen molar-refractivity contribution >= 4 is 0 Å². The molecule has 1 aliphatic carbocycles. The van der Waals surface area contributed by atoms with Crippen LogP contribution < -0.4 is 15.3 Å². The Morgan fingerprint density at radius 3 is 1.21 bits per heavy atom. The van der Waals surface area contributed by atoms with E-state index in [0.29, 0.717) is 19.3 Å². The summed E-state index contributed by atoms with van der Waals surface area (Å²) in [6.45, 7) is 12.8. The van der Waals surface area contributed by atoms with Gasteiger partial charge in [0.1, 0.15) is 0 Å². The van der Waals surface area contributed by atoms with Gasteiger partial charge in [0.05, 0.1) is 0 Å². The summed E-state index contributed by atoms with van der Waals surface area (Å²) in [6.07, 6.45) is 16.9. The molecular formula is C34H36O3Ti. The van der Waals surface area contributed by atoms with Crippen LogP contribution in [-0.4, -0.2) is 0 Å². The quantitative estimate of drug-likeness (QED) is 0.194. The summed E-state index contributed by atoms with van der Waals surface area (Å²) < 4.78 is 0. The molecule has 3 nitrogen and oxygen atoms in total. The Hall–Kier alpha value is -3.53. The maximum atomic E-state index is 11.0. The summed E-state index contributed by atoms with van der Waals surface area (Å²) in [5, 5.41) is 32.9. The first kappa shape index (κ1) is 34.5. The van der Waals surface area contributed by atoms with E-state index in [0.717, 1.165) is 29.5 Å². The summed E-state index contributed by atoms with van der Waals surface area (Å²) >= 11 is 0. The number of hydrogen-bond donors (Lipinski definition) is 0. The van der Waals surface area contributed by atoms with Crippen molar-refractivity contribution in [3.05, 3.63) is 151 Å². The van der Waals surface area contributed by atoms with Gasteiger partial charge in [-0.3, -0.25) is 6.08 Å². The number of rotatable bonds is 7. The van der Waals surface area contributed by atoms with Crippen LogP contribution in [0, 0.1) is 6.08 Å². The van der Waals surface area contributed by atoms with Crippen molar-refractivity contribution in [2.75, 3.05) is 0 Å². The molecule has 0 saturated heterocycles. The Bertz CT molecular complexity index is 1040. The zero-order chi connectivity index (χ0) is 27.3. The van der Waals surface area contributed by atoms with Gasteiger partial charge in [-0.1, -0.05) is 121 Å². The molecule has 0 fully saturated rings. The van der Waals surface area contributed by atoms with E-state index in [1.807, 2.05) is 36.4 Å². The average molecular weight is 541 g/mol. The van der Waals surface area contributed by atoms with Gasteiger partial charge in [-0.2, -0.15) is 6.08 Å². The zero-order valence-corrected chi connectivity index (χ0v) is 23.8. The third-order valence-corrected chi connectivity index (χ3v) is 5.16. The number of benzene rings is 3. The molecule has 3 aromatic rings. The molecule has 0 saturated carbocycles. The predicted molar refractivity (Wildman–Crippen MR) is 150 cm³/mol. The fraction of sp³-hybridized carbons (Fsp3) is 0.176. The van der Waals surface area contributed by atoms with E-state index in [1.165, 1.54) is 5.57 Å². The van der Waals surface area contributed by atoms with Crippen molar-refractivity contribution in [3.63, 3.8) is 0 Å². The minimum atomic E-state index is 0. The summed E-state index contributed by atoms with van der Waals surface area (Å²) in [5.41, 5.74) is 3.81. The second-order valence-electron chi connectivity index (χ2n) is 7.96. The molecule has 0 amide bonds. The van der Waals surface area contributed by atoms with Gasteiger partial charge < -0.3 is 15.3 Å². The molecule has 0 spiro atoms. The fourth-order valence-electron chi connectivity index (χ4n) is 3.18. The molecule has 0 atom stereocenters. The molecular weight excluding hydrogens is 504 g/mol. The summed E-state index contributed by atoms with van der Waals surface area (Å²) in [4.78, 5) is 0. The Labute approximate surface area is 243 Å². The SMILES string of the molecule is C=CCc1ccccc1[O-].C=CCc1ccccc1[O-].C=CCc1ccccc1[O-].CCC1=[C-]CC=C1.[Ti+4]. The maximum absolute atomic E-state index is 11.0. The number of allylic oxidation sites excluding steroid dienone is 7. The van der Waals surface area contributed by atoms with E-state index in [2.05, 4.69) is 44.9 Å². The summed E-state index contributed by atoms with van der Waals surface area (Å²) in [7, 11) is 0. The van der Waals surface area contributed by atoms with Crippen LogP contribution in [0.15, 0.2) is 128 Å². The molecule has 1 aliphatic rings. The molecule has 0 N–H and O–H groups in total. The van der Waals surface area contributed by atoms with E-state index in [9.17, 15) is 15.3 Å². The minimum absolute atomic E-state index is 0. The molecule has 0 aliphatic heterocycles. The minimum Gasteiger partial charge on any atom is -0.872 e. The van der Waals surface area contributed by atoms with E-state index >= 15 is 0 Å². The first-order valence-corrected chi connectivity index (χ1v) is 12.3. The third-order valence-electron chi connectivity index (χ3n) is 5.16. The monoisotopic (exact) mass is 540 g/mol. The molecule has 38 heavy (non-hydrogen) atoms. The summed E-state index contributed by atoms with van der Waals surface area (Å²) in [6, 6.07) is 21.0. The summed E-state index contributed by atoms with van der Waals surface area (Å²) in [5.74, 6) is 0.298. The van der Waals surface area contributed by atoms with Crippen LogP contribution in [0.3, 0.4) is 0 Å². The number of hydrogen-bond acceptors (Lipinski definition) is 3. The van der Waals surface area contributed by atoms with Gasteiger partial charge in [-0.05, 0) is 19.3 Å². The topological polar surface area (TPSA) is 69.2 Å². The standard InChI is InChI=1S/3C9H10O.C7H9.Ti/c3*1-2-5-8-6-3-4-7-9(8)10;1-2-7-5-3-4-6-7;/h3*2-4,6-7,10H,1,5H2;3,5H,2,4H2,1H3;/q;;;-1;+4/p-3. The Kier molecular flexibility index (Phi) is 19.5.